The average Bonchev–Trinajstić information content (AvgIpc) is 2.44. The zero-order valence-electron chi connectivity index (χ0n) is 11.8. The van der Waals surface area contributed by atoms with E-state index in [4.69, 9.17) is 0 Å². The molecule has 1 heteroatoms. The van der Waals surface area contributed by atoms with E-state index in [1.807, 2.05) is 0 Å². The van der Waals surface area contributed by atoms with Gasteiger partial charge in [-0.25, -0.2) is 0 Å². The second kappa shape index (κ2) is 6.64. The summed E-state index contributed by atoms with van der Waals surface area (Å²) in [4.78, 5) is 0. The summed E-state index contributed by atoms with van der Waals surface area (Å²) in [5, 5.41) is 3.88. The molecule has 96 valence electrons. The van der Waals surface area contributed by atoms with Crippen LogP contribution < -0.4 is 5.32 Å². The Morgan fingerprint density at radius 3 is 2.50 bits per heavy atom. The standard InChI is InChI=1S/C15H31N/c1-5-9-14(4)12-15(13(2)3)10-7-6-8-11-16-15/h13-14,16H,5-12H2,1-4H3. The summed E-state index contributed by atoms with van der Waals surface area (Å²) in [6.07, 6.45) is 9.69. The van der Waals surface area contributed by atoms with Crippen LogP contribution >= 0.6 is 0 Å². The van der Waals surface area contributed by atoms with Crippen LogP contribution in [0.4, 0.5) is 0 Å². The monoisotopic (exact) mass is 225 g/mol. The van der Waals surface area contributed by atoms with Crippen LogP contribution in [0.2, 0.25) is 0 Å². The summed E-state index contributed by atoms with van der Waals surface area (Å²) in [7, 11) is 0. The van der Waals surface area contributed by atoms with Gasteiger partial charge < -0.3 is 5.32 Å². The van der Waals surface area contributed by atoms with Gasteiger partial charge in [-0.15, -0.1) is 0 Å². The molecule has 2 atom stereocenters. The molecular formula is C15H31N. The smallest absolute Gasteiger partial charge is 0.0206 e. The van der Waals surface area contributed by atoms with Crippen LogP contribution in [-0.2, 0) is 0 Å². The molecule has 1 N–H and O–H groups in total. The molecule has 1 heterocycles. The minimum Gasteiger partial charge on any atom is -0.311 e. The van der Waals surface area contributed by atoms with Crippen LogP contribution in [0.5, 0.6) is 0 Å². The lowest BCUT2D eigenvalue weighted by molar-refractivity contribution is 0.178. The van der Waals surface area contributed by atoms with Crippen molar-refractivity contribution in [3.05, 3.63) is 0 Å². The Labute approximate surface area is 102 Å². The number of hydrogen-bond acceptors (Lipinski definition) is 1. The van der Waals surface area contributed by atoms with Gasteiger partial charge in [-0.05, 0) is 37.6 Å². The van der Waals surface area contributed by atoms with Crippen LogP contribution in [0.15, 0.2) is 0 Å². The highest BCUT2D eigenvalue weighted by atomic mass is 15.0. The molecule has 0 saturated carbocycles. The van der Waals surface area contributed by atoms with Crippen molar-refractivity contribution in [1.29, 1.82) is 0 Å². The summed E-state index contributed by atoms with van der Waals surface area (Å²) in [5.41, 5.74) is 0.436. The van der Waals surface area contributed by atoms with Gasteiger partial charge in [0.1, 0.15) is 0 Å². The molecule has 1 saturated heterocycles. The largest absolute Gasteiger partial charge is 0.311 e. The topological polar surface area (TPSA) is 12.0 Å². The first kappa shape index (κ1) is 14.0. The van der Waals surface area contributed by atoms with Gasteiger partial charge >= 0.3 is 0 Å². The number of nitrogens with one attached hydrogen (secondary N) is 1. The summed E-state index contributed by atoms with van der Waals surface area (Å²) >= 11 is 0. The summed E-state index contributed by atoms with van der Waals surface area (Å²) in [5.74, 6) is 1.64. The van der Waals surface area contributed by atoms with Crippen LogP contribution in [0.1, 0.15) is 72.6 Å². The van der Waals surface area contributed by atoms with E-state index in [-0.39, 0.29) is 0 Å². The highest BCUT2D eigenvalue weighted by Gasteiger charge is 2.34. The third-order valence-electron chi connectivity index (χ3n) is 4.38. The van der Waals surface area contributed by atoms with E-state index in [1.165, 1.54) is 51.5 Å². The fourth-order valence-corrected chi connectivity index (χ4v) is 3.29. The van der Waals surface area contributed by atoms with Crippen LogP contribution in [-0.4, -0.2) is 12.1 Å². The maximum Gasteiger partial charge on any atom is 0.0206 e. The molecule has 0 aromatic carbocycles. The van der Waals surface area contributed by atoms with Gasteiger partial charge in [0.15, 0.2) is 0 Å². The maximum absolute atomic E-state index is 3.88. The Bertz CT molecular complexity index is 178. The highest BCUT2D eigenvalue weighted by molar-refractivity contribution is 4.93. The predicted molar refractivity (Wildman–Crippen MR) is 72.7 cm³/mol. The minimum absolute atomic E-state index is 0.436. The fraction of sp³-hybridized carbons (Fsp3) is 1.00. The number of hydrogen-bond donors (Lipinski definition) is 1. The summed E-state index contributed by atoms with van der Waals surface area (Å²) in [6, 6.07) is 0. The van der Waals surface area contributed by atoms with E-state index >= 15 is 0 Å². The molecule has 0 aromatic rings. The molecule has 0 radical (unpaired) electrons. The summed E-state index contributed by atoms with van der Waals surface area (Å²) in [6.45, 7) is 10.8. The van der Waals surface area contributed by atoms with Crippen molar-refractivity contribution in [2.24, 2.45) is 11.8 Å². The van der Waals surface area contributed by atoms with Crippen molar-refractivity contribution < 1.29 is 0 Å². The van der Waals surface area contributed by atoms with Gasteiger partial charge in [-0.2, -0.15) is 0 Å². The lowest BCUT2D eigenvalue weighted by Crippen LogP contribution is -2.50. The van der Waals surface area contributed by atoms with Crippen molar-refractivity contribution in [2.75, 3.05) is 6.54 Å². The zero-order chi connectivity index (χ0) is 12.0. The lowest BCUT2D eigenvalue weighted by Gasteiger charge is -2.40. The van der Waals surface area contributed by atoms with Crippen molar-refractivity contribution >= 4 is 0 Å². The number of rotatable bonds is 5. The molecule has 1 aliphatic heterocycles. The van der Waals surface area contributed by atoms with Crippen LogP contribution in [0.3, 0.4) is 0 Å². The van der Waals surface area contributed by atoms with Gasteiger partial charge in [0.25, 0.3) is 0 Å². The van der Waals surface area contributed by atoms with Gasteiger partial charge in [0.05, 0.1) is 0 Å². The maximum atomic E-state index is 3.88. The molecule has 1 nitrogen and oxygen atoms in total. The highest BCUT2D eigenvalue weighted by Crippen LogP contribution is 2.33. The minimum atomic E-state index is 0.436. The second-order valence-electron chi connectivity index (χ2n) is 6.15. The van der Waals surface area contributed by atoms with Crippen LogP contribution in [0, 0.1) is 11.8 Å². The Morgan fingerprint density at radius 2 is 1.88 bits per heavy atom. The molecule has 0 amide bonds. The van der Waals surface area contributed by atoms with E-state index < -0.39 is 0 Å². The third kappa shape index (κ3) is 3.76. The predicted octanol–water partition coefficient (Wildman–Crippen LogP) is 4.37. The molecule has 0 bridgehead atoms. The SMILES string of the molecule is CCCC(C)CC1(C(C)C)CCCCCN1. The Kier molecular flexibility index (Phi) is 5.82. The van der Waals surface area contributed by atoms with E-state index in [0.717, 1.165) is 11.8 Å². The molecule has 2 unspecified atom stereocenters. The van der Waals surface area contributed by atoms with E-state index in [9.17, 15) is 0 Å². The first-order chi connectivity index (χ1) is 7.60. The molecule has 0 spiro atoms. The molecular weight excluding hydrogens is 194 g/mol. The van der Waals surface area contributed by atoms with Gasteiger partial charge in [-0.1, -0.05) is 53.4 Å². The van der Waals surface area contributed by atoms with Crippen molar-refractivity contribution in [3.63, 3.8) is 0 Å². The zero-order valence-corrected chi connectivity index (χ0v) is 11.8. The normalized spacial score (nSPS) is 29.1. The average molecular weight is 225 g/mol. The van der Waals surface area contributed by atoms with Crippen molar-refractivity contribution in [3.8, 4) is 0 Å². The molecule has 0 aromatic heterocycles. The van der Waals surface area contributed by atoms with Crippen molar-refractivity contribution in [1.82, 2.24) is 5.32 Å². The summed E-state index contributed by atoms with van der Waals surface area (Å²) < 4.78 is 0. The van der Waals surface area contributed by atoms with E-state index in [0.29, 0.717) is 5.54 Å². The van der Waals surface area contributed by atoms with Gasteiger partial charge in [-0.3, -0.25) is 0 Å². The molecule has 1 fully saturated rings. The Hall–Kier alpha value is -0.0400. The Morgan fingerprint density at radius 1 is 1.12 bits per heavy atom. The van der Waals surface area contributed by atoms with Gasteiger partial charge in [0.2, 0.25) is 0 Å². The molecule has 1 rings (SSSR count). The second-order valence-corrected chi connectivity index (χ2v) is 6.15. The first-order valence-corrected chi connectivity index (χ1v) is 7.35. The molecule has 16 heavy (non-hydrogen) atoms. The molecule has 1 aliphatic rings. The quantitative estimate of drug-likeness (QED) is 0.732. The van der Waals surface area contributed by atoms with Crippen molar-refractivity contribution in [2.45, 2.75) is 78.2 Å². The molecule has 0 aliphatic carbocycles. The first-order valence-electron chi connectivity index (χ1n) is 7.35. The fourth-order valence-electron chi connectivity index (χ4n) is 3.29. The van der Waals surface area contributed by atoms with Crippen LogP contribution in [0.25, 0.3) is 0 Å². The Balaban J connectivity index is 2.62. The van der Waals surface area contributed by atoms with E-state index in [2.05, 4.69) is 33.0 Å². The van der Waals surface area contributed by atoms with E-state index in [1.54, 1.807) is 0 Å². The third-order valence-corrected chi connectivity index (χ3v) is 4.38. The lowest BCUT2D eigenvalue weighted by atomic mass is 9.75. The van der Waals surface area contributed by atoms with Gasteiger partial charge in [0, 0.05) is 5.54 Å².